The number of methoxy groups -OCH3 is 1. The lowest BCUT2D eigenvalue weighted by atomic mass is 9.98. The summed E-state index contributed by atoms with van der Waals surface area (Å²) in [5.41, 5.74) is 1.90. The highest BCUT2D eigenvalue weighted by atomic mass is 16.5. The maximum absolute atomic E-state index is 10.1. The average Bonchev–Trinajstić information content (AvgIpc) is 2.58. The second kappa shape index (κ2) is 5.58. The Bertz CT molecular complexity index is 438. The number of ether oxygens (including phenoxy) is 1. The zero-order valence-corrected chi connectivity index (χ0v) is 11.4. The zero-order valence-electron chi connectivity index (χ0n) is 11.4. The van der Waals surface area contributed by atoms with Crippen LogP contribution < -0.4 is 20.9 Å². The SMILES string of the molecule is COc1c(NN)ncnc1N1CCCC(C)(O)CC1. The van der Waals surface area contributed by atoms with Crippen LogP contribution in [0.5, 0.6) is 5.75 Å². The second-order valence-electron chi connectivity index (χ2n) is 5.06. The van der Waals surface area contributed by atoms with Crippen molar-refractivity contribution in [2.45, 2.75) is 31.8 Å². The number of rotatable bonds is 3. The summed E-state index contributed by atoms with van der Waals surface area (Å²) < 4.78 is 5.34. The fraction of sp³-hybridized carbons (Fsp3) is 0.667. The molecule has 0 aromatic carbocycles. The van der Waals surface area contributed by atoms with Crippen molar-refractivity contribution in [1.29, 1.82) is 0 Å². The summed E-state index contributed by atoms with van der Waals surface area (Å²) in [5.74, 6) is 7.13. The molecule has 0 bridgehead atoms. The number of hydrazine groups is 1. The van der Waals surface area contributed by atoms with E-state index in [1.165, 1.54) is 6.33 Å². The van der Waals surface area contributed by atoms with Gasteiger partial charge in [-0.2, -0.15) is 0 Å². The van der Waals surface area contributed by atoms with Gasteiger partial charge in [-0.05, 0) is 26.2 Å². The molecule has 2 heterocycles. The van der Waals surface area contributed by atoms with Gasteiger partial charge in [-0.3, -0.25) is 0 Å². The van der Waals surface area contributed by atoms with Gasteiger partial charge in [0.15, 0.2) is 11.6 Å². The first kappa shape index (κ1) is 13.8. The van der Waals surface area contributed by atoms with E-state index >= 15 is 0 Å². The normalized spacial score (nSPS) is 23.9. The summed E-state index contributed by atoms with van der Waals surface area (Å²) in [7, 11) is 1.57. The highest BCUT2D eigenvalue weighted by Crippen LogP contribution is 2.33. The zero-order chi connectivity index (χ0) is 13.9. The number of nitrogens with two attached hydrogens (primary N) is 1. The van der Waals surface area contributed by atoms with Gasteiger partial charge in [0.25, 0.3) is 0 Å². The van der Waals surface area contributed by atoms with Crippen LogP contribution in [-0.4, -0.2) is 40.9 Å². The van der Waals surface area contributed by atoms with E-state index in [0.717, 1.165) is 25.9 Å². The molecule has 4 N–H and O–H groups in total. The lowest BCUT2D eigenvalue weighted by Gasteiger charge is -2.25. The van der Waals surface area contributed by atoms with Crippen molar-refractivity contribution in [1.82, 2.24) is 9.97 Å². The first-order valence-corrected chi connectivity index (χ1v) is 6.40. The molecule has 1 saturated heterocycles. The van der Waals surface area contributed by atoms with Crippen LogP contribution in [0, 0.1) is 0 Å². The van der Waals surface area contributed by atoms with Crippen LogP contribution in [0.4, 0.5) is 11.6 Å². The number of aliphatic hydroxyl groups is 1. The molecule has 1 atom stereocenters. The maximum atomic E-state index is 10.1. The monoisotopic (exact) mass is 267 g/mol. The van der Waals surface area contributed by atoms with Crippen molar-refractivity contribution >= 4 is 11.6 Å². The van der Waals surface area contributed by atoms with Crippen LogP contribution in [0.2, 0.25) is 0 Å². The first-order valence-electron chi connectivity index (χ1n) is 6.40. The topological polar surface area (TPSA) is 96.5 Å². The second-order valence-corrected chi connectivity index (χ2v) is 5.06. The van der Waals surface area contributed by atoms with E-state index in [4.69, 9.17) is 10.6 Å². The third-order valence-electron chi connectivity index (χ3n) is 3.49. The van der Waals surface area contributed by atoms with E-state index in [9.17, 15) is 5.11 Å². The molecule has 1 aliphatic rings. The van der Waals surface area contributed by atoms with Crippen molar-refractivity contribution in [2.24, 2.45) is 5.84 Å². The Kier molecular flexibility index (Phi) is 4.06. The molecular formula is C12H21N5O2. The fourth-order valence-electron chi connectivity index (χ4n) is 2.36. The quantitative estimate of drug-likeness (QED) is 0.542. The van der Waals surface area contributed by atoms with Crippen LogP contribution in [0.15, 0.2) is 6.33 Å². The van der Waals surface area contributed by atoms with Crippen molar-refractivity contribution < 1.29 is 9.84 Å². The molecule has 7 nitrogen and oxygen atoms in total. The summed E-state index contributed by atoms with van der Waals surface area (Å²) in [4.78, 5) is 10.4. The van der Waals surface area contributed by atoms with Crippen LogP contribution in [0.3, 0.4) is 0 Å². The molecule has 0 spiro atoms. The Balaban J connectivity index is 2.26. The van der Waals surface area contributed by atoms with Crippen molar-refractivity contribution in [2.75, 3.05) is 30.5 Å². The lowest BCUT2D eigenvalue weighted by Crippen LogP contribution is -2.29. The Hall–Kier alpha value is -1.60. The van der Waals surface area contributed by atoms with E-state index in [1.54, 1.807) is 7.11 Å². The van der Waals surface area contributed by atoms with Crippen LogP contribution in [0.1, 0.15) is 26.2 Å². The molecule has 0 aliphatic carbocycles. The standard InChI is InChI=1S/C12H21N5O2/c1-12(18)4-3-6-17(7-5-12)11-9(19-2)10(16-13)14-8-15-11/h8,18H,3-7,13H2,1-2H3,(H,14,15,16). The van der Waals surface area contributed by atoms with Crippen molar-refractivity contribution in [3.63, 3.8) is 0 Å². The predicted octanol–water partition coefficient (Wildman–Crippen LogP) is 0.512. The number of nitrogens with zero attached hydrogens (tertiary/aromatic N) is 3. The van der Waals surface area contributed by atoms with Crippen molar-refractivity contribution in [3.05, 3.63) is 6.33 Å². The molecule has 1 aromatic heterocycles. The predicted molar refractivity (Wildman–Crippen MR) is 73.1 cm³/mol. The molecule has 1 fully saturated rings. The van der Waals surface area contributed by atoms with E-state index in [-0.39, 0.29) is 0 Å². The fourth-order valence-corrected chi connectivity index (χ4v) is 2.36. The molecule has 0 radical (unpaired) electrons. The summed E-state index contributed by atoms with van der Waals surface area (Å²) in [6.45, 7) is 3.43. The maximum Gasteiger partial charge on any atom is 0.205 e. The van der Waals surface area contributed by atoms with Crippen LogP contribution in [0.25, 0.3) is 0 Å². The largest absolute Gasteiger partial charge is 0.490 e. The van der Waals surface area contributed by atoms with Gasteiger partial charge in [-0.15, -0.1) is 0 Å². The number of nitrogens with one attached hydrogen (secondary N) is 1. The molecule has 19 heavy (non-hydrogen) atoms. The van der Waals surface area contributed by atoms with Gasteiger partial charge in [0.2, 0.25) is 5.75 Å². The summed E-state index contributed by atoms with van der Waals surface area (Å²) in [6, 6.07) is 0. The average molecular weight is 267 g/mol. The Labute approximate surface area is 112 Å². The number of hydrogen-bond acceptors (Lipinski definition) is 7. The van der Waals surface area contributed by atoms with E-state index in [2.05, 4.69) is 20.3 Å². The van der Waals surface area contributed by atoms with Gasteiger partial charge < -0.3 is 20.2 Å². The number of hydrogen-bond donors (Lipinski definition) is 3. The molecule has 0 saturated carbocycles. The van der Waals surface area contributed by atoms with E-state index in [0.29, 0.717) is 23.8 Å². The lowest BCUT2D eigenvalue weighted by molar-refractivity contribution is 0.0481. The minimum Gasteiger partial charge on any atom is -0.490 e. The van der Waals surface area contributed by atoms with Crippen LogP contribution >= 0.6 is 0 Å². The Morgan fingerprint density at radius 3 is 2.89 bits per heavy atom. The molecule has 1 unspecified atom stereocenters. The minimum atomic E-state index is -0.607. The summed E-state index contributed by atoms with van der Waals surface area (Å²) in [6.07, 6.45) is 3.85. The molecular weight excluding hydrogens is 246 g/mol. The number of nitrogen functional groups attached to an aromatic ring is 1. The molecule has 2 rings (SSSR count). The van der Waals surface area contributed by atoms with Gasteiger partial charge in [-0.1, -0.05) is 0 Å². The highest BCUT2D eigenvalue weighted by Gasteiger charge is 2.27. The van der Waals surface area contributed by atoms with Gasteiger partial charge in [0, 0.05) is 13.1 Å². The molecule has 0 amide bonds. The molecule has 1 aliphatic heterocycles. The molecule has 106 valence electrons. The van der Waals surface area contributed by atoms with Gasteiger partial charge >= 0.3 is 0 Å². The number of aromatic nitrogens is 2. The van der Waals surface area contributed by atoms with E-state index < -0.39 is 5.60 Å². The molecule has 1 aromatic rings. The Morgan fingerprint density at radius 2 is 2.21 bits per heavy atom. The minimum absolute atomic E-state index is 0.462. The van der Waals surface area contributed by atoms with Gasteiger partial charge in [0.05, 0.1) is 12.7 Å². The van der Waals surface area contributed by atoms with Gasteiger partial charge in [0.1, 0.15) is 6.33 Å². The third-order valence-corrected chi connectivity index (χ3v) is 3.49. The van der Waals surface area contributed by atoms with Crippen molar-refractivity contribution in [3.8, 4) is 5.75 Å². The summed E-state index contributed by atoms with van der Waals surface area (Å²) in [5, 5.41) is 10.1. The highest BCUT2D eigenvalue weighted by molar-refractivity contribution is 5.64. The molecule has 7 heteroatoms. The smallest absolute Gasteiger partial charge is 0.205 e. The van der Waals surface area contributed by atoms with Gasteiger partial charge in [-0.25, -0.2) is 15.8 Å². The van der Waals surface area contributed by atoms with E-state index in [1.807, 2.05) is 6.92 Å². The van der Waals surface area contributed by atoms with Crippen LogP contribution in [-0.2, 0) is 0 Å². The third kappa shape index (κ3) is 3.05. The summed E-state index contributed by atoms with van der Waals surface area (Å²) >= 11 is 0. The number of anilines is 2. The Morgan fingerprint density at radius 1 is 1.42 bits per heavy atom. The first-order chi connectivity index (χ1) is 9.07.